The predicted octanol–water partition coefficient (Wildman–Crippen LogP) is 3.25. The minimum absolute atomic E-state index is 0.548. The van der Waals surface area contributed by atoms with Gasteiger partial charge in [-0.05, 0) is 38.4 Å². The molecule has 2 saturated heterocycles. The van der Waals surface area contributed by atoms with Crippen molar-refractivity contribution in [3.8, 4) is 0 Å². The van der Waals surface area contributed by atoms with Crippen LogP contribution in [0.15, 0.2) is 18.3 Å². The molecule has 3 rings (SSSR count). The summed E-state index contributed by atoms with van der Waals surface area (Å²) < 4.78 is 5.50. The molecule has 4 heteroatoms. The van der Waals surface area contributed by atoms with E-state index in [1.54, 1.807) is 0 Å². The number of morpholine rings is 1. The van der Waals surface area contributed by atoms with Crippen molar-refractivity contribution in [2.75, 3.05) is 44.3 Å². The van der Waals surface area contributed by atoms with Crippen LogP contribution >= 0.6 is 0 Å². The van der Waals surface area contributed by atoms with Crippen LogP contribution in [0.25, 0.3) is 0 Å². The summed E-state index contributed by atoms with van der Waals surface area (Å²) in [5.41, 5.74) is 1.43. The van der Waals surface area contributed by atoms with Crippen molar-refractivity contribution >= 4 is 5.82 Å². The standard InChI is InChI=1S/C18H29N3O/c1-2-3-10-20-11-5-4-8-17(20)16-7-6-9-19-18(16)21-12-14-22-15-13-21/h6-7,9,17H,2-5,8,10-15H2,1H3/t17-/m1/s1. The first-order valence-corrected chi connectivity index (χ1v) is 8.92. The fraction of sp³-hybridized carbons (Fsp3) is 0.722. The molecule has 0 unspecified atom stereocenters. The molecule has 0 bridgehead atoms. The fourth-order valence-electron chi connectivity index (χ4n) is 3.68. The zero-order valence-corrected chi connectivity index (χ0v) is 13.8. The first kappa shape index (κ1) is 15.8. The topological polar surface area (TPSA) is 28.6 Å². The van der Waals surface area contributed by atoms with Crippen LogP contribution in [0, 0.1) is 0 Å². The van der Waals surface area contributed by atoms with Crippen molar-refractivity contribution in [2.24, 2.45) is 0 Å². The molecule has 4 nitrogen and oxygen atoms in total. The van der Waals surface area contributed by atoms with E-state index >= 15 is 0 Å². The van der Waals surface area contributed by atoms with Gasteiger partial charge < -0.3 is 9.64 Å². The quantitative estimate of drug-likeness (QED) is 0.835. The van der Waals surface area contributed by atoms with Crippen LogP contribution in [0.5, 0.6) is 0 Å². The van der Waals surface area contributed by atoms with E-state index in [2.05, 4.69) is 28.9 Å². The van der Waals surface area contributed by atoms with Crippen LogP contribution < -0.4 is 4.90 Å². The van der Waals surface area contributed by atoms with E-state index in [0.717, 1.165) is 26.3 Å². The van der Waals surface area contributed by atoms with Crippen LogP contribution in [0.4, 0.5) is 5.82 Å². The Hall–Kier alpha value is -1.13. The van der Waals surface area contributed by atoms with E-state index < -0.39 is 0 Å². The minimum atomic E-state index is 0.548. The predicted molar refractivity (Wildman–Crippen MR) is 90.3 cm³/mol. The van der Waals surface area contributed by atoms with Gasteiger partial charge in [0.1, 0.15) is 5.82 Å². The molecule has 2 fully saturated rings. The molecule has 0 spiro atoms. The third kappa shape index (κ3) is 3.61. The number of pyridine rings is 1. The van der Waals surface area contributed by atoms with Crippen molar-refractivity contribution in [3.63, 3.8) is 0 Å². The van der Waals surface area contributed by atoms with Gasteiger partial charge in [0, 0.05) is 30.9 Å². The zero-order chi connectivity index (χ0) is 15.2. The number of ether oxygens (including phenoxy) is 1. The number of hydrogen-bond acceptors (Lipinski definition) is 4. The summed E-state index contributed by atoms with van der Waals surface area (Å²) in [6.45, 7) is 8.31. The van der Waals surface area contributed by atoms with Crippen LogP contribution in [-0.2, 0) is 4.74 Å². The average molecular weight is 303 g/mol. The van der Waals surface area contributed by atoms with Gasteiger partial charge >= 0.3 is 0 Å². The number of aromatic nitrogens is 1. The highest BCUT2D eigenvalue weighted by Crippen LogP contribution is 2.35. The number of rotatable bonds is 5. The van der Waals surface area contributed by atoms with E-state index in [0.29, 0.717) is 6.04 Å². The first-order valence-electron chi connectivity index (χ1n) is 8.92. The van der Waals surface area contributed by atoms with Crippen LogP contribution in [0.3, 0.4) is 0 Å². The number of likely N-dealkylation sites (tertiary alicyclic amines) is 1. The Labute approximate surface area is 134 Å². The minimum Gasteiger partial charge on any atom is -0.378 e. The first-order chi connectivity index (χ1) is 10.9. The van der Waals surface area contributed by atoms with Crippen molar-refractivity contribution in [3.05, 3.63) is 23.9 Å². The molecular weight excluding hydrogens is 274 g/mol. The van der Waals surface area contributed by atoms with Crippen molar-refractivity contribution in [1.29, 1.82) is 0 Å². The molecule has 0 N–H and O–H groups in total. The summed E-state index contributed by atoms with van der Waals surface area (Å²) in [5.74, 6) is 1.19. The summed E-state index contributed by atoms with van der Waals surface area (Å²) in [7, 11) is 0. The summed E-state index contributed by atoms with van der Waals surface area (Å²) in [6, 6.07) is 4.95. The van der Waals surface area contributed by atoms with Crippen molar-refractivity contribution in [2.45, 2.75) is 45.1 Å². The number of anilines is 1. The highest BCUT2D eigenvalue weighted by molar-refractivity contribution is 5.49. The molecule has 3 heterocycles. The van der Waals surface area contributed by atoms with Crippen molar-refractivity contribution < 1.29 is 4.74 Å². The molecule has 0 aliphatic carbocycles. The van der Waals surface area contributed by atoms with Gasteiger partial charge in [0.15, 0.2) is 0 Å². The van der Waals surface area contributed by atoms with Gasteiger partial charge in [0.25, 0.3) is 0 Å². The Morgan fingerprint density at radius 3 is 2.91 bits per heavy atom. The molecule has 0 aromatic carbocycles. The van der Waals surface area contributed by atoms with Crippen LogP contribution in [-0.4, -0.2) is 49.3 Å². The highest BCUT2D eigenvalue weighted by Gasteiger charge is 2.27. The molecule has 1 atom stereocenters. The second kappa shape index (κ2) is 7.93. The van der Waals surface area contributed by atoms with Crippen LogP contribution in [0.1, 0.15) is 50.6 Å². The SMILES string of the molecule is CCCCN1CCCC[C@@H]1c1cccnc1N1CCOCC1. The van der Waals surface area contributed by atoms with E-state index in [1.807, 2.05) is 6.20 Å². The van der Waals surface area contributed by atoms with E-state index in [-0.39, 0.29) is 0 Å². The normalized spacial score (nSPS) is 23.7. The Kier molecular flexibility index (Phi) is 5.68. The maximum atomic E-state index is 5.50. The van der Waals surface area contributed by atoms with E-state index in [1.165, 1.54) is 56.6 Å². The maximum absolute atomic E-state index is 5.50. The smallest absolute Gasteiger partial charge is 0.133 e. The number of nitrogens with zero attached hydrogens (tertiary/aromatic N) is 3. The lowest BCUT2D eigenvalue weighted by Gasteiger charge is -2.38. The summed E-state index contributed by atoms with van der Waals surface area (Å²) in [4.78, 5) is 9.83. The van der Waals surface area contributed by atoms with E-state index in [9.17, 15) is 0 Å². The zero-order valence-electron chi connectivity index (χ0n) is 13.8. The largest absolute Gasteiger partial charge is 0.378 e. The second-order valence-corrected chi connectivity index (χ2v) is 6.42. The Morgan fingerprint density at radius 2 is 2.09 bits per heavy atom. The van der Waals surface area contributed by atoms with Crippen molar-refractivity contribution in [1.82, 2.24) is 9.88 Å². The lowest BCUT2D eigenvalue weighted by Crippen LogP contribution is -2.39. The monoisotopic (exact) mass is 303 g/mol. The molecule has 122 valence electrons. The second-order valence-electron chi connectivity index (χ2n) is 6.42. The molecule has 1 aromatic rings. The average Bonchev–Trinajstić information content (AvgIpc) is 2.61. The molecule has 2 aliphatic rings. The molecule has 2 aliphatic heterocycles. The Morgan fingerprint density at radius 1 is 1.23 bits per heavy atom. The Bertz CT molecular complexity index is 459. The van der Waals surface area contributed by atoms with Gasteiger partial charge in [-0.3, -0.25) is 4.90 Å². The number of unbranched alkanes of at least 4 members (excludes halogenated alkanes) is 1. The lowest BCUT2D eigenvalue weighted by molar-refractivity contribution is 0.121. The van der Waals surface area contributed by atoms with Gasteiger partial charge in [-0.2, -0.15) is 0 Å². The summed E-state index contributed by atoms with van der Waals surface area (Å²) >= 11 is 0. The molecular formula is C18H29N3O. The van der Waals surface area contributed by atoms with Gasteiger partial charge in [0.05, 0.1) is 13.2 Å². The molecule has 0 saturated carbocycles. The van der Waals surface area contributed by atoms with Gasteiger partial charge in [-0.25, -0.2) is 4.98 Å². The summed E-state index contributed by atoms with van der Waals surface area (Å²) in [6.07, 6.45) is 8.45. The summed E-state index contributed by atoms with van der Waals surface area (Å²) in [5, 5.41) is 0. The fourth-order valence-corrected chi connectivity index (χ4v) is 3.68. The highest BCUT2D eigenvalue weighted by atomic mass is 16.5. The maximum Gasteiger partial charge on any atom is 0.133 e. The number of piperidine rings is 1. The Balaban J connectivity index is 1.82. The molecule has 1 aromatic heterocycles. The molecule has 0 amide bonds. The van der Waals surface area contributed by atoms with Crippen LogP contribution in [0.2, 0.25) is 0 Å². The molecule has 0 radical (unpaired) electrons. The van der Waals surface area contributed by atoms with Gasteiger partial charge in [0.2, 0.25) is 0 Å². The third-order valence-electron chi connectivity index (χ3n) is 4.90. The van der Waals surface area contributed by atoms with Gasteiger partial charge in [-0.1, -0.05) is 25.8 Å². The number of hydrogen-bond donors (Lipinski definition) is 0. The molecule has 22 heavy (non-hydrogen) atoms. The lowest BCUT2D eigenvalue weighted by atomic mass is 9.95. The van der Waals surface area contributed by atoms with E-state index in [4.69, 9.17) is 9.72 Å². The van der Waals surface area contributed by atoms with Gasteiger partial charge in [-0.15, -0.1) is 0 Å². The third-order valence-corrected chi connectivity index (χ3v) is 4.90.